The minimum atomic E-state index is -0.545. The van der Waals surface area contributed by atoms with E-state index in [1.165, 1.54) is 5.56 Å². The zero-order valence-corrected chi connectivity index (χ0v) is 22.8. The maximum Gasteiger partial charge on any atom is 0.246 e. The Balaban J connectivity index is 1.10. The molecule has 3 aromatic carbocycles. The maximum atomic E-state index is 14.3. The van der Waals surface area contributed by atoms with Crippen LogP contribution in [0, 0.1) is 0 Å². The van der Waals surface area contributed by atoms with Crippen LogP contribution in [0.25, 0.3) is 10.9 Å². The Morgan fingerprint density at radius 1 is 0.927 bits per heavy atom. The molecule has 3 atom stereocenters. The molecule has 2 amide bonds. The fourth-order valence-electron chi connectivity index (χ4n) is 7.23. The quantitative estimate of drug-likeness (QED) is 0.410. The molecule has 2 saturated heterocycles. The largest absolute Gasteiger partial charge is 0.454 e. The number of benzene rings is 3. The number of hydrogen-bond donors (Lipinski definition) is 1. The first-order valence-electron chi connectivity index (χ1n) is 14.5. The van der Waals surface area contributed by atoms with Gasteiger partial charge in [-0.3, -0.25) is 9.59 Å². The number of nitrogens with zero attached hydrogens (tertiary/aromatic N) is 3. The van der Waals surface area contributed by atoms with Crippen LogP contribution in [0.5, 0.6) is 11.5 Å². The molecule has 0 radical (unpaired) electrons. The molecule has 0 saturated carbocycles. The van der Waals surface area contributed by atoms with Crippen molar-refractivity contribution in [2.45, 2.75) is 37.4 Å². The van der Waals surface area contributed by atoms with E-state index in [-0.39, 0.29) is 31.2 Å². The Labute approximate surface area is 238 Å². The smallest absolute Gasteiger partial charge is 0.246 e. The van der Waals surface area contributed by atoms with Gasteiger partial charge in [-0.15, -0.1) is 0 Å². The lowest BCUT2D eigenvalue weighted by Gasteiger charge is -2.48. The monoisotopic (exact) mass is 548 g/mol. The fraction of sp³-hybridized carbons (Fsp3) is 0.333. The summed E-state index contributed by atoms with van der Waals surface area (Å²) >= 11 is 0. The minimum Gasteiger partial charge on any atom is -0.454 e. The summed E-state index contributed by atoms with van der Waals surface area (Å²) in [5.41, 5.74) is 5.34. The molecule has 4 aliphatic heterocycles. The number of fused-ring (bicyclic) bond motifs is 5. The Hall–Kier alpha value is -4.30. The van der Waals surface area contributed by atoms with Crippen LogP contribution in [0.2, 0.25) is 0 Å². The van der Waals surface area contributed by atoms with Gasteiger partial charge in [-0.1, -0.05) is 54.6 Å². The zero-order valence-electron chi connectivity index (χ0n) is 22.8. The van der Waals surface area contributed by atoms with Gasteiger partial charge in [0.15, 0.2) is 11.5 Å². The molecule has 8 heteroatoms. The summed E-state index contributed by atoms with van der Waals surface area (Å²) in [5.74, 6) is 1.41. The van der Waals surface area contributed by atoms with Gasteiger partial charge in [0, 0.05) is 48.7 Å². The first-order valence-corrected chi connectivity index (χ1v) is 14.5. The molecule has 1 N–H and O–H groups in total. The Morgan fingerprint density at radius 2 is 1.76 bits per heavy atom. The molecular formula is C33H32N4O4. The standard InChI is InChI=1S/C33H32N4O4/c38-30-19-36(23-13-15-35(18-23)14-12-21-6-2-1-3-7-21)33(39)27-17-25-24-8-4-5-9-26(24)34-31(25)32(37(27)30)22-10-11-28-29(16-22)41-20-40-28/h1-11,16,23,27,32,34H,12-15,17-20H2/t23-,27-,32-/m1/s1. The summed E-state index contributed by atoms with van der Waals surface area (Å²) in [6.07, 6.45) is 2.38. The van der Waals surface area contributed by atoms with Gasteiger partial charge >= 0.3 is 0 Å². The number of ether oxygens (including phenoxy) is 2. The number of para-hydroxylation sites is 1. The van der Waals surface area contributed by atoms with Crippen LogP contribution in [0.4, 0.5) is 0 Å². The average molecular weight is 549 g/mol. The Kier molecular flexibility index (Phi) is 5.77. The number of carbonyl (C=O) groups is 2. The molecule has 4 aliphatic rings. The highest BCUT2D eigenvalue weighted by Gasteiger charge is 2.50. The van der Waals surface area contributed by atoms with Crippen LogP contribution >= 0.6 is 0 Å². The van der Waals surface area contributed by atoms with Crippen LogP contribution in [-0.2, 0) is 22.4 Å². The molecule has 8 rings (SSSR count). The number of aromatic amines is 1. The fourth-order valence-corrected chi connectivity index (χ4v) is 7.23. The normalized spacial score (nSPS) is 23.8. The molecule has 4 aromatic rings. The molecule has 2 fully saturated rings. The van der Waals surface area contributed by atoms with Gasteiger partial charge in [0.1, 0.15) is 12.6 Å². The SMILES string of the molecule is O=C1[C@H]2Cc3c([nH]c4ccccc34)[C@@H](c3ccc4c(c3)OCO4)N2C(=O)CN1[C@@H]1CCN(CCc2ccccc2)C1. The first kappa shape index (κ1) is 24.5. The van der Waals surface area contributed by atoms with Gasteiger partial charge in [0.2, 0.25) is 18.6 Å². The topological polar surface area (TPSA) is 78.1 Å². The lowest BCUT2D eigenvalue weighted by Crippen LogP contribution is -2.65. The predicted octanol–water partition coefficient (Wildman–Crippen LogP) is 3.90. The Bertz CT molecular complexity index is 1650. The molecular weight excluding hydrogens is 516 g/mol. The van der Waals surface area contributed by atoms with Crippen molar-refractivity contribution >= 4 is 22.7 Å². The molecule has 8 nitrogen and oxygen atoms in total. The van der Waals surface area contributed by atoms with Crippen molar-refractivity contribution in [3.05, 3.63) is 95.2 Å². The van der Waals surface area contributed by atoms with E-state index in [4.69, 9.17) is 9.47 Å². The van der Waals surface area contributed by atoms with Crippen molar-refractivity contribution in [1.29, 1.82) is 0 Å². The second kappa shape index (κ2) is 9.66. The van der Waals surface area contributed by atoms with E-state index in [9.17, 15) is 9.59 Å². The molecule has 0 unspecified atom stereocenters. The number of rotatable bonds is 5. The van der Waals surface area contributed by atoms with Gasteiger partial charge in [-0.2, -0.15) is 0 Å². The van der Waals surface area contributed by atoms with E-state index in [2.05, 4.69) is 46.3 Å². The van der Waals surface area contributed by atoms with Gasteiger partial charge in [0.05, 0.1) is 6.04 Å². The second-order valence-corrected chi connectivity index (χ2v) is 11.5. The van der Waals surface area contributed by atoms with E-state index in [1.807, 2.05) is 46.2 Å². The van der Waals surface area contributed by atoms with Crippen molar-refractivity contribution in [1.82, 2.24) is 19.7 Å². The van der Waals surface area contributed by atoms with Crippen LogP contribution in [-0.4, -0.2) is 76.6 Å². The number of nitrogens with one attached hydrogen (secondary N) is 1. The van der Waals surface area contributed by atoms with Crippen LogP contribution in [0.3, 0.4) is 0 Å². The summed E-state index contributed by atoms with van der Waals surface area (Å²) in [4.78, 5) is 38.0. The third kappa shape index (κ3) is 4.08. The lowest BCUT2D eigenvalue weighted by molar-refractivity contribution is -0.160. The van der Waals surface area contributed by atoms with Crippen LogP contribution in [0.15, 0.2) is 72.8 Å². The average Bonchev–Trinajstić information content (AvgIpc) is 3.75. The summed E-state index contributed by atoms with van der Waals surface area (Å²) < 4.78 is 11.2. The van der Waals surface area contributed by atoms with Crippen molar-refractivity contribution in [2.24, 2.45) is 0 Å². The van der Waals surface area contributed by atoms with Gasteiger partial charge in [-0.05, 0) is 47.7 Å². The van der Waals surface area contributed by atoms with Crippen molar-refractivity contribution in [3.63, 3.8) is 0 Å². The molecule has 5 heterocycles. The maximum absolute atomic E-state index is 14.3. The lowest BCUT2D eigenvalue weighted by atomic mass is 9.85. The molecule has 0 aliphatic carbocycles. The van der Waals surface area contributed by atoms with E-state index in [1.54, 1.807) is 0 Å². The van der Waals surface area contributed by atoms with Crippen molar-refractivity contribution in [3.8, 4) is 11.5 Å². The minimum absolute atomic E-state index is 0.00990. The van der Waals surface area contributed by atoms with E-state index >= 15 is 0 Å². The molecule has 41 heavy (non-hydrogen) atoms. The van der Waals surface area contributed by atoms with E-state index < -0.39 is 12.1 Å². The summed E-state index contributed by atoms with van der Waals surface area (Å²) in [7, 11) is 0. The number of amides is 2. The van der Waals surface area contributed by atoms with Crippen molar-refractivity contribution in [2.75, 3.05) is 33.0 Å². The van der Waals surface area contributed by atoms with Crippen molar-refractivity contribution < 1.29 is 19.1 Å². The van der Waals surface area contributed by atoms with Crippen LogP contribution < -0.4 is 9.47 Å². The van der Waals surface area contributed by atoms with Gasteiger partial charge in [0.25, 0.3) is 0 Å². The third-order valence-electron chi connectivity index (χ3n) is 9.25. The number of likely N-dealkylation sites (tertiary alicyclic amines) is 1. The summed E-state index contributed by atoms with van der Waals surface area (Å²) in [5, 5.41) is 1.11. The highest BCUT2D eigenvalue weighted by molar-refractivity contribution is 5.98. The number of hydrogen-bond acceptors (Lipinski definition) is 5. The molecule has 0 bridgehead atoms. The van der Waals surface area contributed by atoms with E-state index in [0.717, 1.165) is 60.2 Å². The second-order valence-electron chi connectivity index (χ2n) is 11.5. The number of aromatic nitrogens is 1. The zero-order chi connectivity index (χ0) is 27.5. The van der Waals surface area contributed by atoms with Gasteiger partial charge < -0.3 is 29.2 Å². The summed E-state index contributed by atoms with van der Waals surface area (Å²) in [6.45, 7) is 3.00. The van der Waals surface area contributed by atoms with Crippen LogP contribution in [0.1, 0.15) is 34.8 Å². The molecule has 0 spiro atoms. The number of carbonyl (C=O) groups excluding carboxylic acids is 2. The highest BCUT2D eigenvalue weighted by atomic mass is 16.7. The third-order valence-corrected chi connectivity index (χ3v) is 9.25. The summed E-state index contributed by atoms with van der Waals surface area (Å²) in [6, 6.07) is 23.7. The Morgan fingerprint density at radius 3 is 2.66 bits per heavy atom. The molecule has 208 valence electrons. The predicted molar refractivity (Wildman–Crippen MR) is 154 cm³/mol. The molecule has 1 aromatic heterocycles. The number of piperazine rings is 1. The van der Waals surface area contributed by atoms with E-state index in [0.29, 0.717) is 17.9 Å². The highest BCUT2D eigenvalue weighted by Crippen LogP contribution is 2.45. The van der Waals surface area contributed by atoms with Gasteiger partial charge in [-0.25, -0.2) is 0 Å². The first-order chi connectivity index (χ1) is 20.1. The number of H-pyrrole nitrogens is 1.